The summed E-state index contributed by atoms with van der Waals surface area (Å²) in [6.07, 6.45) is 1.78. The molecule has 0 unspecified atom stereocenters. The van der Waals surface area contributed by atoms with Gasteiger partial charge in [-0.2, -0.15) is 0 Å². The average molecular weight is 220 g/mol. The molecule has 1 aliphatic rings. The molecular weight excluding hydrogens is 204 g/mol. The first kappa shape index (κ1) is 11.1. The van der Waals surface area contributed by atoms with E-state index in [2.05, 4.69) is 28.5 Å². The van der Waals surface area contributed by atoms with Crippen LogP contribution in [0.4, 0.5) is 0 Å². The van der Waals surface area contributed by atoms with Gasteiger partial charge in [-0.1, -0.05) is 0 Å². The van der Waals surface area contributed by atoms with E-state index in [1.54, 1.807) is 6.20 Å². The first-order chi connectivity index (χ1) is 7.61. The molecule has 1 aromatic heterocycles. The summed E-state index contributed by atoms with van der Waals surface area (Å²) in [5.74, 6) is -0.370. The number of hydrogen-bond acceptors (Lipinski definition) is 4. The second-order valence-electron chi connectivity index (χ2n) is 4.33. The van der Waals surface area contributed by atoms with Crippen LogP contribution in [-0.4, -0.2) is 29.0 Å². The van der Waals surface area contributed by atoms with E-state index in [4.69, 9.17) is 0 Å². The zero-order valence-corrected chi connectivity index (χ0v) is 9.86. The van der Waals surface area contributed by atoms with Crippen molar-refractivity contribution in [2.45, 2.75) is 33.0 Å². The lowest BCUT2D eigenvalue weighted by Gasteiger charge is -2.18. The minimum absolute atomic E-state index is 0.370. The van der Waals surface area contributed by atoms with Crippen molar-refractivity contribution in [3.05, 3.63) is 29.1 Å². The van der Waals surface area contributed by atoms with Gasteiger partial charge >= 0.3 is 5.97 Å². The molecule has 0 saturated carbocycles. The van der Waals surface area contributed by atoms with Crippen molar-refractivity contribution in [2.24, 2.45) is 0 Å². The number of carbonyl (C=O) groups is 1. The number of esters is 1. The second-order valence-corrected chi connectivity index (χ2v) is 4.33. The minimum Gasteiger partial charge on any atom is -0.464 e. The molecule has 0 bridgehead atoms. The van der Waals surface area contributed by atoms with Gasteiger partial charge in [-0.3, -0.25) is 4.90 Å². The lowest BCUT2D eigenvalue weighted by Crippen LogP contribution is -2.24. The summed E-state index contributed by atoms with van der Waals surface area (Å²) >= 11 is 0. The Labute approximate surface area is 95.2 Å². The maximum absolute atomic E-state index is 11.3. The molecule has 0 aromatic carbocycles. The molecule has 4 heteroatoms. The van der Waals surface area contributed by atoms with Crippen molar-refractivity contribution >= 4 is 5.97 Å². The van der Waals surface area contributed by atoms with Gasteiger partial charge in [-0.25, -0.2) is 9.78 Å². The Kier molecular flexibility index (Phi) is 2.92. The first-order valence-electron chi connectivity index (χ1n) is 5.42. The van der Waals surface area contributed by atoms with Crippen molar-refractivity contribution < 1.29 is 9.53 Å². The molecule has 1 aliphatic heterocycles. The van der Waals surface area contributed by atoms with Gasteiger partial charge in [0.2, 0.25) is 0 Å². The predicted molar refractivity (Wildman–Crippen MR) is 60.0 cm³/mol. The van der Waals surface area contributed by atoms with Gasteiger partial charge in [0.25, 0.3) is 0 Å². The standard InChI is InChI=1S/C12H16N2O2/c1-8(2)14-6-9-4-11(12(15)16-3)13-5-10(9)7-14/h4-5,8H,6-7H2,1-3H3. The summed E-state index contributed by atoms with van der Waals surface area (Å²) in [7, 11) is 1.37. The number of fused-ring (bicyclic) bond motifs is 1. The van der Waals surface area contributed by atoms with E-state index in [0.29, 0.717) is 11.7 Å². The molecule has 16 heavy (non-hydrogen) atoms. The highest BCUT2D eigenvalue weighted by Gasteiger charge is 2.22. The van der Waals surface area contributed by atoms with E-state index in [1.807, 2.05) is 6.07 Å². The van der Waals surface area contributed by atoms with Crippen LogP contribution >= 0.6 is 0 Å². The van der Waals surface area contributed by atoms with Crippen LogP contribution in [-0.2, 0) is 17.8 Å². The summed E-state index contributed by atoms with van der Waals surface area (Å²) in [6, 6.07) is 2.35. The fourth-order valence-corrected chi connectivity index (χ4v) is 1.89. The topological polar surface area (TPSA) is 42.4 Å². The molecule has 2 rings (SSSR count). The molecule has 0 radical (unpaired) electrons. The van der Waals surface area contributed by atoms with Gasteiger partial charge in [0, 0.05) is 25.3 Å². The van der Waals surface area contributed by atoms with Gasteiger partial charge in [-0.15, -0.1) is 0 Å². The Morgan fingerprint density at radius 3 is 2.75 bits per heavy atom. The minimum atomic E-state index is -0.370. The number of carbonyl (C=O) groups excluding carboxylic acids is 1. The van der Waals surface area contributed by atoms with Crippen molar-refractivity contribution in [1.29, 1.82) is 0 Å². The molecule has 0 fully saturated rings. The monoisotopic (exact) mass is 220 g/mol. The highest BCUT2D eigenvalue weighted by atomic mass is 16.5. The van der Waals surface area contributed by atoms with Gasteiger partial charge in [0.1, 0.15) is 5.69 Å². The second kappa shape index (κ2) is 4.22. The highest BCUT2D eigenvalue weighted by molar-refractivity contribution is 5.87. The zero-order chi connectivity index (χ0) is 11.7. The first-order valence-corrected chi connectivity index (χ1v) is 5.42. The zero-order valence-electron chi connectivity index (χ0n) is 9.86. The molecule has 1 aromatic rings. The summed E-state index contributed by atoms with van der Waals surface area (Å²) in [5.41, 5.74) is 2.79. The smallest absolute Gasteiger partial charge is 0.356 e. The van der Waals surface area contributed by atoms with Gasteiger partial charge in [0.15, 0.2) is 0 Å². The van der Waals surface area contributed by atoms with Crippen LogP contribution in [0.5, 0.6) is 0 Å². The molecule has 86 valence electrons. The van der Waals surface area contributed by atoms with Crippen LogP contribution in [0.1, 0.15) is 35.5 Å². The quantitative estimate of drug-likeness (QED) is 0.710. The Bertz CT molecular complexity index is 415. The molecule has 0 aliphatic carbocycles. The van der Waals surface area contributed by atoms with E-state index >= 15 is 0 Å². The lowest BCUT2D eigenvalue weighted by atomic mass is 10.1. The maximum atomic E-state index is 11.3. The third kappa shape index (κ3) is 1.93. The maximum Gasteiger partial charge on any atom is 0.356 e. The molecule has 4 nitrogen and oxygen atoms in total. The summed E-state index contributed by atoms with van der Waals surface area (Å²) in [6.45, 7) is 6.14. The Morgan fingerprint density at radius 2 is 2.12 bits per heavy atom. The number of methoxy groups -OCH3 is 1. The number of nitrogens with zero attached hydrogens (tertiary/aromatic N) is 2. The van der Waals surface area contributed by atoms with E-state index in [0.717, 1.165) is 13.1 Å². The Morgan fingerprint density at radius 1 is 1.44 bits per heavy atom. The third-order valence-electron chi connectivity index (χ3n) is 2.95. The predicted octanol–water partition coefficient (Wildman–Crippen LogP) is 1.59. The van der Waals surface area contributed by atoms with Crippen LogP contribution in [0, 0.1) is 0 Å². The summed E-state index contributed by atoms with van der Waals surface area (Å²) in [5, 5.41) is 0. The molecule has 0 N–H and O–H groups in total. The number of hydrogen-bond donors (Lipinski definition) is 0. The highest BCUT2D eigenvalue weighted by Crippen LogP contribution is 2.24. The van der Waals surface area contributed by atoms with Crippen molar-refractivity contribution in [3.63, 3.8) is 0 Å². The van der Waals surface area contributed by atoms with Crippen molar-refractivity contribution in [3.8, 4) is 0 Å². The molecule has 0 spiro atoms. The average Bonchev–Trinajstić information content (AvgIpc) is 2.70. The molecule has 0 saturated heterocycles. The van der Waals surface area contributed by atoms with Crippen LogP contribution in [0.15, 0.2) is 12.3 Å². The van der Waals surface area contributed by atoms with Crippen molar-refractivity contribution in [1.82, 2.24) is 9.88 Å². The molecule has 0 amide bonds. The van der Waals surface area contributed by atoms with Crippen LogP contribution < -0.4 is 0 Å². The molecular formula is C12H16N2O2. The fraction of sp³-hybridized carbons (Fsp3) is 0.500. The lowest BCUT2D eigenvalue weighted by molar-refractivity contribution is 0.0594. The van der Waals surface area contributed by atoms with E-state index in [9.17, 15) is 4.79 Å². The largest absolute Gasteiger partial charge is 0.464 e. The van der Waals surface area contributed by atoms with Crippen LogP contribution in [0.2, 0.25) is 0 Å². The number of ether oxygens (including phenoxy) is 1. The summed E-state index contributed by atoms with van der Waals surface area (Å²) < 4.78 is 4.66. The number of aromatic nitrogens is 1. The third-order valence-corrected chi connectivity index (χ3v) is 2.95. The van der Waals surface area contributed by atoms with E-state index < -0.39 is 0 Å². The van der Waals surface area contributed by atoms with Gasteiger partial charge in [-0.05, 0) is 31.0 Å². The van der Waals surface area contributed by atoms with Gasteiger partial charge in [0.05, 0.1) is 7.11 Å². The van der Waals surface area contributed by atoms with Gasteiger partial charge < -0.3 is 4.74 Å². The van der Waals surface area contributed by atoms with Crippen molar-refractivity contribution in [2.75, 3.05) is 7.11 Å². The summed E-state index contributed by atoms with van der Waals surface area (Å²) in [4.78, 5) is 17.8. The number of rotatable bonds is 2. The van der Waals surface area contributed by atoms with Crippen LogP contribution in [0.25, 0.3) is 0 Å². The Balaban J connectivity index is 2.24. The fourth-order valence-electron chi connectivity index (χ4n) is 1.89. The molecule has 0 atom stereocenters. The normalized spacial score (nSPS) is 15.2. The SMILES string of the molecule is COC(=O)c1cc2c(cn1)CN(C(C)C)C2. The molecule has 2 heterocycles. The number of pyridine rings is 1. The van der Waals surface area contributed by atoms with E-state index in [1.165, 1.54) is 18.2 Å². The van der Waals surface area contributed by atoms with E-state index in [-0.39, 0.29) is 5.97 Å². The van der Waals surface area contributed by atoms with Crippen LogP contribution in [0.3, 0.4) is 0 Å². The Hall–Kier alpha value is -1.42.